The van der Waals surface area contributed by atoms with Gasteiger partial charge in [0.05, 0.1) is 6.20 Å². The number of nitrogens with zero attached hydrogens (tertiary/aromatic N) is 2. The minimum Gasteiger partial charge on any atom is -0.479 e. The fourth-order valence-corrected chi connectivity index (χ4v) is 2.03. The number of nitrogens with one attached hydrogen (secondary N) is 2. The number of aryl methyl sites for hydroxylation is 1. The van der Waals surface area contributed by atoms with E-state index in [2.05, 4.69) is 15.7 Å². The van der Waals surface area contributed by atoms with E-state index in [1.54, 1.807) is 13.2 Å². The molecule has 1 saturated heterocycles. The van der Waals surface area contributed by atoms with Gasteiger partial charge >= 0.3 is 5.97 Å². The second-order valence-electron chi connectivity index (χ2n) is 4.93. The van der Waals surface area contributed by atoms with Crippen molar-refractivity contribution in [1.29, 1.82) is 0 Å². The molecule has 1 aromatic heterocycles. The first-order valence-corrected chi connectivity index (χ1v) is 6.21. The van der Waals surface area contributed by atoms with Crippen molar-refractivity contribution in [3.8, 4) is 0 Å². The van der Waals surface area contributed by atoms with E-state index in [0.29, 0.717) is 5.56 Å². The predicted molar refractivity (Wildman–Crippen MR) is 67.3 cm³/mol. The highest BCUT2D eigenvalue weighted by molar-refractivity contribution is 5.85. The summed E-state index contributed by atoms with van der Waals surface area (Å²) in [5.41, 5.74) is 0.474. The molecule has 104 valence electrons. The molecule has 0 aliphatic carbocycles. The average Bonchev–Trinajstić information content (AvgIpc) is 2.69. The topological polar surface area (TPSA) is 96.2 Å². The minimum absolute atomic E-state index is 0.195. The summed E-state index contributed by atoms with van der Waals surface area (Å²) in [5, 5.41) is 18.8. The van der Waals surface area contributed by atoms with Gasteiger partial charge in [0.15, 0.2) is 6.04 Å². The summed E-state index contributed by atoms with van der Waals surface area (Å²) < 4.78 is 1.51. The predicted octanol–water partition coefficient (Wildman–Crippen LogP) is -0.482. The third-order valence-corrected chi connectivity index (χ3v) is 3.53. The molecule has 0 bridgehead atoms. The highest BCUT2D eigenvalue weighted by Crippen LogP contribution is 2.18. The van der Waals surface area contributed by atoms with Crippen LogP contribution < -0.4 is 10.6 Å². The van der Waals surface area contributed by atoms with Crippen LogP contribution in [0.2, 0.25) is 0 Å². The first-order valence-electron chi connectivity index (χ1n) is 6.21. The number of carboxylic acid groups (broad SMARTS) is 1. The Morgan fingerprint density at radius 2 is 2.26 bits per heavy atom. The Labute approximate surface area is 111 Å². The van der Waals surface area contributed by atoms with Crippen LogP contribution in [0, 0.1) is 11.8 Å². The first kappa shape index (κ1) is 13.5. The lowest BCUT2D eigenvalue weighted by Gasteiger charge is -2.32. The highest BCUT2D eigenvalue weighted by Gasteiger charge is 2.32. The maximum atomic E-state index is 12.0. The average molecular weight is 266 g/mol. The molecule has 1 aromatic rings. The van der Waals surface area contributed by atoms with E-state index in [0.717, 1.165) is 13.1 Å². The van der Waals surface area contributed by atoms with E-state index in [1.165, 1.54) is 10.9 Å². The van der Waals surface area contributed by atoms with Gasteiger partial charge in [0.1, 0.15) is 0 Å². The van der Waals surface area contributed by atoms with Crippen molar-refractivity contribution in [3.63, 3.8) is 0 Å². The zero-order valence-electron chi connectivity index (χ0n) is 11.0. The molecule has 0 saturated carbocycles. The Hall–Kier alpha value is -1.89. The van der Waals surface area contributed by atoms with Gasteiger partial charge in [-0.3, -0.25) is 9.48 Å². The SMILES string of the molecule is CC(C(=O)NC(C(=O)O)c1cnn(C)c1)C1CNC1. The van der Waals surface area contributed by atoms with Crippen LogP contribution in [0.3, 0.4) is 0 Å². The number of carbonyl (C=O) groups is 2. The van der Waals surface area contributed by atoms with Crippen molar-refractivity contribution >= 4 is 11.9 Å². The Kier molecular flexibility index (Phi) is 3.84. The van der Waals surface area contributed by atoms with Gasteiger partial charge in [-0.1, -0.05) is 6.92 Å². The lowest BCUT2D eigenvalue weighted by atomic mass is 9.88. The maximum absolute atomic E-state index is 12.0. The van der Waals surface area contributed by atoms with Crippen LogP contribution in [0.1, 0.15) is 18.5 Å². The third kappa shape index (κ3) is 2.93. The second kappa shape index (κ2) is 5.40. The van der Waals surface area contributed by atoms with Crippen LogP contribution in [0.25, 0.3) is 0 Å². The molecular weight excluding hydrogens is 248 g/mol. The molecule has 7 nitrogen and oxygen atoms in total. The summed E-state index contributed by atoms with van der Waals surface area (Å²) in [6.45, 7) is 3.43. The van der Waals surface area contributed by atoms with Gasteiger partial charge in [0.25, 0.3) is 0 Å². The highest BCUT2D eigenvalue weighted by atomic mass is 16.4. The standard InChI is InChI=1S/C12H18N4O3/c1-7(8-3-13-4-8)11(17)15-10(12(18)19)9-5-14-16(2)6-9/h5-8,10,13H,3-4H2,1-2H3,(H,15,17)(H,18,19). The van der Waals surface area contributed by atoms with E-state index in [9.17, 15) is 14.7 Å². The van der Waals surface area contributed by atoms with Crippen LogP contribution in [0.5, 0.6) is 0 Å². The molecular formula is C12H18N4O3. The van der Waals surface area contributed by atoms with Crippen molar-refractivity contribution in [3.05, 3.63) is 18.0 Å². The molecule has 3 N–H and O–H groups in total. The first-order chi connectivity index (χ1) is 8.99. The van der Waals surface area contributed by atoms with Crippen molar-refractivity contribution in [1.82, 2.24) is 20.4 Å². The summed E-state index contributed by atoms with van der Waals surface area (Å²) in [5.74, 6) is -1.23. The third-order valence-electron chi connectivity index (χ3n) is 3.53. The molecule has 19 heavy (non-hydrogen) atoms. The van der Waals surface area contributed by atoms with Crippen LogP contribution in [0.15, 0.2) is 12.4 Å². The van der Waals surface area contributed by atoms with Crippen LogP contribution in [-0.2, 0) is 16.6 Å². The van der Waals surface area contributed by atoms with Gasteiger partial charge in [-0.15, -0.1) is 0 Å². The van der Waals surface area contributed by atoms with Gasteiger partial charge in [0, 0.05) is 24.7 Å². The zero-order chi connectivity index (χ0) is 14.0. The molecule has 0 aromatic carbocycles. The molecule has 2 atom stereocenters. The van der Waals surface area contributed by atoms with Gasteiger partial charge in [0.2, 0.25) is 5.91 Å². The van der Waals surface area contributed by atoms with Crippen LogP contribution >= 0.6 is 0 Å². The van der Waals surface area contributed by atoms with Crippen molar-refractivity contribution in [2.45, 2.75) is 13.0 Å². The van der Waals surface area contributed by atoms with E-state index in [1.807, 2.05) is 6.92 Å². The smallest absolute Gasteiger partial charge is 0.331 e. The number of rotatable bonds is 5. The van der Waals surface area contributed by atoms with Gasteiger partial charge in [-0.25, -0.2) is 4.79 Å². The lowest BCUT2D eigenvalue weighted by Crippen LogP contribution is -2.50. The largest absolute Gasteiger partial charge is 0.479 e. The van der Waals surface area contributed by atoms with Crippen molar-refractivity contribution in [2.75, 3.05) is 13.1 Å². The van der Waals surface area contributed by atoms with Gasteiger partial charge in [-0.05, 0) is 19.0 Å². The Bertz CT molecular complexity index is 481. The monoisotopic (exact) mass is 266 g/mol. The molecule has 2 heterocycles. The zero-order valence-corrected chi connectivity index (χ0v) is 11.0. The molecule has 1 fully saturated rings. The van der Waals surface area contributed by atoms with Gasteiger partial charge in [-0.2, -0.15) is 5.10 Å². The molecule has 1 amide bonds. The molecule has 0 radical (unpaired) electrons. The summed E-state index contributed by atoms with van der Waals surface area (Å²) >= 11 is 0. The Morgan fingerprint density at radius 3 is 2.68 bits per heavy atom. The molecule has 1 aliphatic heterocycles. The van der Waals surface area contributed by atoms with Crippen LogP contribution in [-0.4, -0.2) is 39.9 Å². The Balaban J connectivity index is 2.04. The quantitative estimate of drug-likeness (QED) is 0.669. The number of amides is 1. The summed E-state index contributed by atoms with van der Waals surface area (Å²) in [6.07, 6.45) is 3.04. The van der Waals surface area contributed by atoms with E-state index < -0.39 is 12.0 Å². The number of aliphatic carboxylic acids is 1. The van der Waals surface area contributed by atoms with Gasteiger partial charge < -0.3 is 15.7 Å². The maximum Gasteiger partial charge on any atom is 0.331 e. The summed E-state index contributed by atoms with van der Waals surface area (Å²) in [6, 6.07) is -1.04. The van der Waals surface area contributed by atoms with E-state index in [4.69, 9.17) is 0 Å². The fraction of sp³-hybridized carbons (Fsp3) is 0.583. The van der Waals surface area contributed by atoms with E-state index >= 15 is 0 Å². The second-order valence-corrected chi connectivity index (χ2v) is 4.93. The van der Waals surface area contributed by atoms with Crippen molar-refractivity contribution < 1.29 is 14.7 Å². The van der Waals surface area contributed by atoms with Crippen LogP contribution in [0.4, 0.5) is 0 Å². The van der Waals surface area contributed by atoms with Crippen molar-refractivity contribution in [2.24, 2.45) is 18.9 Å². The number of carboxylic acids is 1. The Morgan fingerprint density at radius 1 is 1.58 bits per heavy atom. The minimum atomic E-state index is -1.08. The summed E-state index contributed by atoms with van der Waals surface area (Å²) in [4.78, 5) is 23.3. The number of carbonyl (C=O) groups excluding carboxylic acids is 1. The molecule has 7 heteroatoms. The lowest BCUT2D eigenvalue weighted by molar-refractivity contribution is -0.143. The molecule has 2 rings (SSSR count). The number of hydrogen-bond acceptors (Lipinski definition) is 4. The molecule has 2 unspecified atom stereocenters. The van der Waals surface area contributed by atoms with E-state index in [-0.39, 0.29) is 17.7 Å². The number of hydrogen-bond donors (Lipinski definition) is 3. The summed E-state index contributed by atoms with van der Waals surface area (Å²) in [7, 11) is 1.70. The fourth-order valence-electron chi connectivity index (χ4n) is 2.03. The number of aromatic nitrogens is 2. The molecule has 0 spiro atoms. The molecule has 1 aliphatic rings. The normalized spacial score (nSPS) is 18.4.